The third kappa shape index (κ3) is 4.94. The minimum absolute atomic E-state index is 0.0654. The number of aromatic nitrogens is 2. The van der Waals surface area contributed by atoms with Crippen LogP contribution < -0.4 is 10.9 Å². The molecule has 0 fully saturated rings. The third-order valence-corrected chi connectivity index (χ3v) is 3.75. The molecule has 2 aromatic rings. The zero-order chi connectivity index (χ0) is 17.5. The van der Waals surface area contributed by atoms with Crippen LogP contribution in [0, 0.1) is 13.8 Å². The molecule has 0 saturated heterocycles. The Hall–Kier alpha value is -2.63. The summed E-state index contributed by atoms with van der Waals surface area (Å²) in [4.78, 5) is 23.9. The Kier molecular flexibility index (Phi) is 6.12. The first-order valence-electron chi connectivity index (χ1n) is 8.18. The Bertz CT molecular complexity index is 704. The van der Waals surface area contributed by atoms with Crippen LogP contribution in [0.4, 0.5) is 0 Å². The maximum Gasteiger partial charge on any atom is 0.269 e. The zero-order valence-electron chi connectivity index (χ0n) is 14.4. The Labute approximate surface area is 142 Å². The molecular formula is C18H24N4O2. The van der Waals surface area contributed by atoms with E-state index in [0.717, 1.165) is 30.7 Å². The Morgan fingerprint density at radius 2 is 1.83 bits per heavy atom. The summed E-state index contributed by atoms with van der Waals surface area (Å²) < 4.78 is 1.60. The van der Waals surface area contributed by atoms with Gasteiger partial charge >= 0.3 is 0 Å². The molecule has 2 rings (SSSR count). The average Bonchev–Trinajstić information content (AvgIpc) is 2.88. The molecule has 128 valence electrons. The van der Waals surface area contributed by atoms with Gasteiger partial charge in [-0.2, -0.15) is 5.10 Å². The van der Waals surface area contributed by atoms with Gasteiger partial charge in [0.25, 0.3) is 11.8 Å². The summed E-state index contributed by atoms with van der Waals surface area (Å²) in [5.74, 6) is -0.659. The topological polar surface area (TPSA) is 76.0 Å². The van der Waals surface area contributed by atoms with Gasteiger partial charge in [-0.1, -0.05) is 25.5 Å². The number of aryl methyl sites for hydroxylation is 3. The number of benzene rings is 1. The minimum atomic E-state index is -0.334. The summed E-state index contributed by atoms with van der Waals surface area (Å²) in [6, 6.07) is 9.33. The first-order valence-corrected chi connectivity index (χ1v) is 8.18. The van der Waals surface area contributed by atoms with E-state index in [2.05, 4.69) is 22.9 Å². The van der Waals surface area contributed by atoms with Gasteiger partial charge in [0.2, 0.25) is 0 Å². The van der Waals surface area contributed by atoms with Crippen LogP contribution in [-0.4, -0.2) is 21.6 Å². The number of rotatable bonds is 6. The molecule has 0 aliphatic heterocycles. The molecule has 0 aliphatic rings. The van der Waals surface area contributed by atoms with Crippen molar-refractivity contribution in [3.63, 3.8) is 0 Å². The van der Waals surface area contributed by atoms with E-state index in [0.29, 0.717) is 5.56 Å². The van der Waals surface area contributed by atoms with Gasteiger partial charge in [0.15, 0.2) is 0 Å². The van der Waals surface area contributed by atoms with Crippen LogP contribution in [0.15, 0.2) is 30.3 Å². The standard InChI is InChI=1S/C18H24N4O2/c1-4-5-6-15-7-9-16(10-8-15)18(24)20-19-17(23)12-22-14(3)11-13(2)21-22/h7-11H,4-6,12H2,1-3H3,(H,19,23)(H,20,24). The summed E-state index contributed by atoms with van der Waals surface area (Å²) in [5.41, 5.74) is 8.32. The molecule has 0 unspecified atom stereocenters. The van der Waals surface area contributed by atoms with Crippen LogP contribution in [0.2, 0.25) is 0 Å². The highest BCUT2D eigenvalue weighted by Crippen LogP contribution is 2.07. The van der Waals surface area contributed by atoms with Gasteiger partial charge in [0.05, 0.1) is 5.69 Å². The monoisotopic (exact) mass is 328 g/mol. The molecule has 0 spiro atoms. The van der Waals surface area contributed by atoms with Gasteiger partial charge in [-0.05, 0) is 50.5 Å². The number of hydrogen-bond donors (Lipinski definition) is 2. The van der Waals surface area contributed by atoms with Crippen molar-refractivity contribution in [2.45, 2.75) is 46.6 Å². The molecule has 1 aromatic heterocycles. The van der Waals surface area contributed by atoms with E-state index in [9.17, 15) is 9.59 Å². The lowest BCUT2D eigenvalue weighted by atomic mass is 10.1. The molecule has 1 aromatic carbocycles. The zero-order valence-corrected chi connectivity index (χ0v) is 14.4. The van der Waals surface area contributed by atoms with Crippen LogP contribution in [0.5, 0.6) is 0 Å². The molecule has 2 N–H and O–H groups in total. The number of hydrogen-bond acceptors (Lipinski definition) is 3. The number of carbonyl (C=O) groups is 2. The predicted octanol–water partition coefficient (Wildman–Crippen LogP) is 2.30. The fraction of sp³-hybridized carbons (Fsp3) is 0.389. The average molecular weight is 328 g/mol. The molecule has 24 heavy (non-hydrogen) atoms. The van der Waals surface area contributed by atoms with E-state index in [4.69, 9.17) is 0 Å². The number of nitrogens with one attached hydrogen (secondary N) is 2. The maximum atomic E-state index is 12.0. The first kappa shape index (κ1) is 17.7. The molecule has 6 nitrogen and oxygen atoms in total. The highest BCUT2D eigenvalue weighted by Gasteiger charge is 2.09. The quantitative estimate of drug-likeness (QED) is 0.799. The summed E-state index contributed by atoms with van der Waals surface area (Å²) >= 11 is 0. The fourth-order valence-corrected chi connectivity index (χ4v) is 2.41. The molecule has 2 amide bonds. The summed E-state index contributed by atoms with van der Waals surface area (Å²) in [5, 5.41) is 4.21. The van der Waals surface area contributed by atoms with Crippen molar-refractivity contribution in [3.8, 4) is 0 Å². The van der Waals surface area contributed by atoms with Crippen LogP contribution in [-0.2, 0) is 17.8 Å². The normalized spacial score (nSPS) is 10.5. The molecule has 0 saturated carbocycles. The molecule has 0 atom stereocenters. The highest BCUT2D eigenvalue weighted by molar-refractivity contribution is 5.95. The van der Waals surface area contributed by atoms with Crippen molar-refractivity contribution in [3.05, 3.63) is 52.8 Å². The largest absolute Gasteiger partial charge is 0.271 e. The summed E-state index contributed by atoms with van der Waals surface area (Å²) in [7, 11) is 0. The Morgan fingerprint density at radius 3 is 2.42 bits per heavy atom. The van der Waals surface area contributed by atoms with Gasteiger partial charge in [0, 0.05) is 11.3 Å². The second-order valence-corrected chi connectivity index (χ2v) is 5.89. The lowest BCUT2D eigenvalue weighted by Gasteiger charge is -2.09. The van der Waals surface area contributed by atoms with E-state index in [1.165, 1.54) is 5.56 Å². The maximum absolute atomic E-state index is 12.0. The first-order chi connectivity index (χ1) is 11.5. The van der Waals surface area contributed by atoms with Gasteiger partial charge in [-0.15, -0.1) is 0 Å². The second-order valence-electron chi connectivity index (χ2n) is 5.89. The van der Waals surface area contributed by atoms with E-state index < -0.39 is 0 Å². The number of nitrogens with zero attached hydrogens (tertiary/aromatic N) is 2. The Balaban J connectivity index is 1.83. The van der Waals surface area contributed by atoms with Crippen molar-refractivity contribution in [1.82, 2.24) is 20.6 Å². The molecule has 6 heteroatoms. The van der Waals surface area contributed by atoms with Crippen LogP contribution in [0.1, 0.15) is 47.1 Å². The van der Waals surface area contributed by atoms with Crippen LogP contribution in [0.25, 0.3) is 0 Å². The van der Waals surface area contributed by atoms with Crippen LogP contribution >= 0.6 is 0 Å². The van der Waals surface area contributed by atoms with Crippen molar-refractivity contribution < 1.29 is 9.59 Å². The van der Waals surface area contributed by atoms with Crippen molar-refractivity contribution in [1.29, 1.82) is 0 Å². The smallest absolute Gasteiger partial charge is 0.269 e. The van der Waals surface area contributed by atoms with Crippen LogP contribution in [0.3, 0.4) is 0 Å². The lowest BCUT2D eigenvalue weighted by molar-refractivity contribution is -0.122. The molecule has 1 heterocycles. The van der Waals surface area contributed by atoms with E-state index in [-0.39, 0.29) is 18.4 Å². The number of carbonyl (C=O) groups excluding carboxylic acids is 2. The van der Waals surface area contributed by atoms with Crippen molar-refractivity contribution in [2.75, 3.05) is 0 Å². The summed E-state index contributed by atoms with van der Waals surface area (Å²) in [6.45, 7) is 5.96. The van der Waals surface area contributed by atoms with E-state index in [1.807, 2.05) is 32.0 Å². The lowest BCUT2D eigenvalue weighted by Crippen LogP contribution is -2.43. The van der Waals surface area contributed by atoms with Gasteiger partial charge in [-0.25, -0.2) is 0 Å². The third-order valence-electron chi connectivity index (χ3n) is 3.75. The molecular weight excluding hydrogens is 304 g/mol. The minimum Gasteiger partial charge on any atom is -0.271 e. The number of amides is 2. The van der Waals surface area contributed by atoms with Gasteiger partial charge in [-0.3, -0.25) is 25.1 Å². The van der Waals surface area contributed by atoms with Gasteiger partial charge in [0.1, 0.15) is 6.54 Å². The van der Waals surface area contributed by atoms with E-state index >= 15 is 0 Å². The van der Waals surface area contributed by atoms with Crippen molar-refractivity contribution >= 4 is 11.8 Å². The summed E-state index contributed by atoms with van der Waals surface area (Å²) in [6.07, 6.45) is 3.29. The number of hydrazine groups is 1. The van der Waals surface area contributed by atoms with Gasteiger partial charge < -0.3 is 0 Å². The molecule has 0 aliphatic carbocycles. The molecule has 0 radical (unpaired) electrons. The fourth-order valence-electron chi connectivity index (χ4n) is 2.41. The SMILES string of the molecule is CCCCc1ccc(C(=O)NNC(=O)Cn2nc(C)cc2C)cc1. The Morgan fingerprint density at radius 1 is 1.12 bits per heavy atom. The predicted molar refractivity (Wildman–Crippen MR) is 92.4 cm³/mol. The van der Waals surface area contributed by atoms with E-state index in [1.54, 1.807) is 16.8 Å². The second kappa shape index (κ2) is 8.29. The number of unbranched alkanes of at least 4 members (excludes halogenated alkanes) is 1. The highest BCUT2D eigenvalue weighted by atomic mass is 16.2. The van der Waals surface area contributed by atoms with Crippen molar-refractivity contribution in [2.24, 2.45) is 0 Å². The molecule has 0 bridgehead atoms.